The lowest BCUT2D eigenvalue weighted by molar-refractivity contribution is 0.176. The third-order valence-corrected chi connectivity index (χ3v) is 40.8. The quantitative estimate of drug-likeness (QED) is 0.187. The minimum absolute atomic E-state index is 0.0510. The first-order valence-corrected chi connectivity index (χ1v) is 28.6. The predicted molar refractivity (Wildman–Crippen MR) is 205 cm³/mol. The third kappa shape index (κ3) is 5.28. The van der Waals surface area contributed by atoms with Crippen molar-refractivity contribution in [3.8, 4) is 0 Å². The van der Waals surface area contributed by atoms with E-state index >= 15 is 9.13 Å². The molecule has 3 nitrogen and oxygen atoms in total. The van der Waals surface area contributed by atoms with Gasteiger partial charge in [0.05, 0.1) is 14.3 Å². The molecular weight excluding hydrogens is 623 g/mol. The van der Waals surface area contributed by atoms with Crippen LogP contribution < -0.4 is 0 Å². The Morgan fingerprint density at radius 3 is 1.13 bits per heavy atom. The van der Waals surface area contributed by atoms with Gasteiger partial charge in [-0.3, -0.25) is 0 Å². The molecule has 0 aromatic rings. The standard InChI is InChI=1S/C38H76O3P2Si2/c1-25(2)29-21-19-27(5)23-31(29)42(39)33(35(7,8)37(42,11)12)44(15,16)41-45(17,18)34-36(9,10)38(13,14)43(34,40)32-24-28(6)20-22-30(32)26(3)4/h25-34H,19-24H2,1-18H3/t27-,28-,29+,30+,31-,32-,33+,34+,42+,43+/m1/s1. The summed E-state index contributed by atoms with van der Waals surface area (Å²) in [5.74, 6) is 3.47. The van der Waals surface area contributed by atoms with Crippen LogP contribution in [0.2, 0.25) is 26.2 Å². The smallest absolute Gasteiger partial charge is 0.184 e. The summed E-state index contributed by atoms with van der Waals surface area (Å²) in [6.45, 7) is 43.0. The maximum atomic E-state index is 16.1. The van der Waals surface area contributed by atoms with E-state index in [2.05, 4.69) is 123 Å². The minimum atomic E-state index is -2.64. The first-order chi connectivity index (χ1) is 20.1. The average Bonchev–Trinajstić information content (AvgIpc) is 2.86. The van der Waals surface area contributed by atoms with Crippen LogP contribution in [0.25, 0.3) is 0 Å². The monoisotopic (exact) mass is 698 g/mol. The summed E-state index contributed by atoms with van der Waals surface area (Å²) in [4.78, 5) is 0. The zero-order valence-corrected chi connectivity index (χ0v) is 36.9. The van der Waals surface area contributed by atoms with Crippen LogP contribution in [0.5, 0.6) is 0 Å². The molecule has 2 saturated carbocycles. The molecule has 4 aliphatic rings. The van der Waals surface area contributed by atoms with Crippen molar-refractivity contribution in [2.24, 2.45) is 46.3 Å². The zero-order chi connectivity index (χ0) is 34.7. The summed E-state index contributed by atoms with van der Waals surface area (Å²) in [5.41, 5.74) is 0.500. The van der Waals surface area contributed by atoms with Crippen molar-refractivity contribution in [3.63, 3.8) is 0 Å². The molecule has 264 valence electrons. The Balaban J connectivity index is 1.79. The highest BCUT2D eigenvalue weighted by atomic mass is 31.2. The van der Waals surface area contributed by atoms with Crippen molar-refractivity contribution >= 4 is 30.9 Å². The molecule has 0 spiro atoms. The Bertz CT molecular complexity index is 1120. The molecular formula is C38H76O3P2Si2. The molecule has 4 rings (SSSR count). The van der Waals surface area contributed by atoms with Gasteiger partial charge in [0.1, 0.15) is 0 Å². The van der Waals surface area contributed by atoms with Crippen LogP contribution in [0.15, 0.2) is 0 Å². The molecule has 0 unspecified atom stereocenters. The Hall–Kier alpha value is 0.854. The van der Waals surface area contributed by atoms with Crippen molar-refractivity contribution < 1.29 is 13.2 Å². The van der Waals surface area contributed by atoms with E-state index in [1.54, 1.807) is 0 Å². The summed E-state index contributed by atoms with van der Waals surface area (Å²) >= 11 is 0. The van der Waals surface area contributed by atoms with Crippen molar-refractivity contribution in [1.82, 2.24) is 0 Å². The number of hydrogen-bond donors (Lipinski definition) is 0. The molecule has 2 saturated heterocycles. The Kier molecular flexibility index (Phi) is 10.1. The lowest BCUT2D eigenvalue weighted by Crippen LogP contribution is -2.76. The summed E-state index contributed by atoms with van der Waals surface area (Å²) in [7, 11) is -10.3. The molecule has 2 aliphatic carbocycles. The molecule has 45 heavy (non-hydrogen) atoms. The van der Waals surface area contributed by atoms with Gasteiger partial charge in [-0.25, -0.2) is 0 Å². The zero-order valence-electron chi connectivity index (χ0n) is 33.1. The molecule has 2 heterocycles. The Labute approximate surface area is 283 Å². The first-order valence-electron chi connectivity index (χ1n) is 19.0. The molecule has 0 aromatic heterocycles. The van der Waals surface area contributed by atoms with Crippen LogP contribution >= 0.6 is 14.3 Å². The minimum Gasteiger partial charge on any atom is -0.454 e. The fourth-order valence-electron chi connectivity index (χ4n) is 12.9. The molecule has 2 aliphatic heterocycles. The maximum Gasteiger partial charge on any atom is 0.184 e. The van der Waals surface area contributed by atoms with E-state index in [0.717, 1.165) is 12.8 Å². The lowest BCUT2D eigenvalue weighted by Gasteiger charge is -2.73. The maximum absolute atomic E-state index is 16.1. The SMILES string of the molecule is CC(C)[C@@H]1CC[C@@H](C)C[C@H]1[P@]1(=O)[C@@H]([Si](C)(C)O[Si](C)(C)[C@H]2C(C)(C)C(C)(C)[P@]2(=O)[C@@H]2C[C@H](C)CC[C@H]2C(C)C)C(C)(C)C1(C)C. The van der Waals surface area contributed by atoms with Crippen LogP contribution in [0.1, 0.15) is 135 Å². The summed E-state index contributed by atoms with van der Waals surface area (Å²) in [5, 5.41) is -0.113. The highest BCUT2D eigenvalue weighted by Gasteiger charge is 2.80. The van der Waals surface area contributed by atoms with Crippen LogP contribution in [0.4, 0.5) is 0 Å². The third-order valence-electron chi connectivity index (χ3n) is 15.8. The van der Waals surface area contributed by atoms with Gasteiger partial charge < -0.3 is 13.2 Å². The summed E-state index contributed by atoms with van der Waals surface area (Å²) in [6, 6.07) is 0. The largest absolute Gasteiger partial charge is 0.454 e. The molecule has 0 radical (unpaired) electrons. The van der Waals surface area contributed by atoms with Crippen molar-refractivity contribution in [2.75, 3.05) is 0 Å². The lowest BCUT2D eigenvalue weighted by atomic mass is 9.76. The summed E-state index contributed by atoms with van der Waals surface area (Å²) in [6.07, 6.45) is 7.18. The van der Waals surface area contributed by atoms with Gasteiger partial charge >= 0.3 is 0 Å². The fraction of sp³-hybridized carbons (Fsp3) is 1.00. The highest BCUT2D eigenvalue weighted by Crippen LogP contribution is 2.89. The molecule has 0 bridgehead atoms. The highest BCUT2D eigenvalue weighted by molar-refractivity contribution is 7.72. The number of hydrogen-bond acceptors (Lipinski definition) is 3. The van der Waals surface area contributed by atoms with Gasteiger partial charge in [0.25, 0.3) is 0 Å². The first kappa shape index (κ1) is 38.7. The van der Waals surface area contributed by atoms with E-state index in [1.807, 2.05) is 0 Å². The van der Waals surface area contributed by atoms with Crippen LogP contribution in [-0.4, -0.2) is 48.8 Å². The van der Waals surface area contributed by atoms with Crippen molar-refractivity contribution in [1.29, 1.82) is 0 Å². The normalized spacial score (nSPS) is 44.4. The second-order valence-electron chi connectivity index (χ2n) is 20.9. The van der Waals surface area contributed by atoms with Gasteiger partial charge in [-0.05, 0) is 98.2 Å². The van der Waals surface area contributed by atoms with E-state index in [-0.39, 0.29) is 31.7 Å². The van der Waals surface area contributed by atoms with Gasteiger partial charge in [0.15, 0.2) is 16.6 Å². The van der Waals surface area contributed by atoms with Gasteiger partial charge in [-0.1, -0.05) is 110 Å². The van der Waals surface area contributed by atoms with E-state index in [1.165, 1.54) is 25.7 Å². The Morgan fingerprint density at radius 2 is 0.867 bits per heavy atom. The second-order valence-corrected chi connectivity index (χ2v) is 37.7. The van der Waals surface area contributed by atoms with Crippen molar-refractivity contribution in [2.45, 2.75) is 194 Å². The van der Waals surface area contributed by atoms with E-state index in [4.69, 9.17) is 4.12 Å². The van der Waals surface area contributed by atoms with Gasteiger partial charge in [-0.2, -0.15) is 0 Å². The van der Waals surface area contributed by atoms with Crippen LogP contribution in [0, 0.1) is 46.3 Å². The van der Waals surface area contributed by atoms with E-state index < -0.39 is 30.9 Å². The molecule has 10 atom stereocenters. The second kappa shape index (κ2) is 11.7. The van der Waals surface area contributed by atoms with Crippen LogP contribution in [0.3, 0.4) is 0 Å². The van der Waals surface area contributed by atoms with Gasteiger partial charge in [-0.15, -0.1) is 0 Å². The summed E-state index contributed by atoms with van der Waals surface area (Å²) < 4.78 is 40.1. The fourth-order valence-corrected chi connectivity index (χ4v) is 46.5. The molecule has 0 aromatic carbocycles. The molecule has 7 heteroatoms. The van der Waals surface area contributed by atoms with Gasteiger partial charge in [0.2, 0.25) is 0 Å². The van der Waals surface area contributed by atoms with Crippen molar-refractivity contribution in [3.05, 3.63) is 0 Å². The van der Waals surface area contributed by atoms with Gasteiger partial charge in [0, 0.05) is 32.2 Å². The van der Waals surface area contributed by atoms with Crippen LogP contribution in [-0.2, 0) is 13.2 Å². The molecule has 0 N–H and O–H groups in total. The average molecular weight is 699 g/mol. The molecule has 0 amide bonds. The van der Waals surface area contributed by atoms with E-state index in [9.17, 15) is 0 Å². The Morgan fingerprint density at radius 1 is 0.578 bits per heavy atom. The predicted octanol–water partition coefficient (Wildman–Crippen LogP) is 12.5. The molecule has 4 fully saturated rings. The number of rotatable bonds is 8. The van der Waals surface area contributed by atoms with E-state index in [0.29, 0.717) is 46.8 Å². The topological polar surface area (TPSA) is 43.4 Å².